The Labute approximate surface area is 204 Å². The third-order valence-corrected chi connectivity index (χ3v) is 7.00. The van der Waals surface area contributed by atoms with Crippen molar-refractivity contribution in [2.75, 3.05) is 18.4 Å². The molecule has 6 nitrogen and oxygen atoms in total. The first-order chi connectivity index (χ1) is 16.1. The fraction of sp³-hybridized carbons (Fsp3) is 0.292. The number of hydrogen-bond acceptors (Lipinski definition) is 5. The number of anilines is 1. The van der Waals surface area contributed by atoms with Crippen LogP contribution in [0.4, 0.5) is 5.82 Å². The molecule has 4 aromatic rings. The van der Waals surface area contributed by atoms with E-state index >= 15 is 0 Å². The Kier molecular flexibility index (Phi) is 6.53. The second kappa shape index (κ2) is 9.71. The van der Waals surface area contributed by atoms with Gasteiger partial charge in [0.15, 0.2) is 5.65 Å². The molecule has 0 unspecified atom stereocenters. The van der Waals surface area contributed by atoms with E-state index in [0.717, 1.165) is 60.7 Å². The van der Waals surface area contributed by atoms with Crippen molar-refractivity contribution in [1.82, 2.24) is 24.5 Å². The number of hydrogen-bond donors (Lipinski definition) is 1. The minimum absolute atomic E-state index is 0.424. The van der Waals surface area contributed by atoms with Crippen LogP contribution in [-0.2, 0) is 13.1 Å². The second-order valence-electron chi connectivity index (χ2n) is 8.64. The highest BCUT2D eigenvalue weighted by Crippen LogP contribution is 2.30. The summed E-state index contributed by atoms with van der Waals surface area (Å²) in [4.78, 5) is 11.7. The molecule has 1 aliphatic rings. The zero-order chi connectivity index (χ0) is 22.8. The summed E-state index contributed by atoms with van der Waals surface area (Å²) in [5.41, 5.74) is 5.45. The molecule has 0 bridgehead atoms. The maximum Gasteiger partial charge on any atom is 0.151 e. The number of fused-ring (bicyclic) bond motifs is 1. The molecule has 3 aromatic heterocycles. The lowest BCUT2D eigenvalue weighted by Crippen LogP contribution is -2.32. The van der Waals surface area contributed by atoms with Crippen LogP contribution in [0.2, 0.25) is 10.0 Å². The van der Waals surface area contributed by atoms with Crippen LogP contribution in [0, 0.1) is 0 Å². The van der Waals surface area contributed by atoms with Crippen LogP contribution in [0.1, 0.15) is 35.6 Å². The summed E-state index contributed by atoms with van der Waals surface area (Å²) < 4.78 is 1.90. The fourth-order valence-corrected chi connectivity index (χ4v) is 4.73. The highest BCUT2D eigenvalue weighted by Gasteiger charge is 2.23. The van der Waals surface area contributed by atoms with E-state index in [1.165, 1.54) is 5.56 Å². The van der Waals surface area contributed by atoms with Crippen molar-refractivity contribution in [2.24, 2.45) is 0 Å². The van der Waals surface area contributed by atoms with Gasteiger partial charge in [-0.1, -0.05) is 35.3 Å². The van der Waals surface area contributed by atoms with Gasteiger partial charge in [-0.3, -0.25) is 9.88 Å². The highest BCUT2D eigenvalue weighted by atomic mass is 35.5. The number of nitrogens with zero attached hydrogens (tertiary/aromatic N) is 5. The highest BCUT2D eigenvalue weighted by molar-refractivity contribution is 6.42. The third kappa shape index (κ3) is 5.00. The first kappa shape index (κ1) is 22.2. The molecule has 9 heteroatoms. The molecule has 0 spiro atoms. The molecule has 33 heavy (non-hydrogen) atoms. The van der Waals surface area contributed by atoms with Gasteiger partial charge in [0, 0.05) is 49.4 Å². The van der Waals surface area contributed by atoms with Crippen LogP contribution in [0.5, 0.6) is 0 Å². The number of halogens is 2. The zero-order valence-electron chi connectivity index (χ0n) is 18.5. The molecule has 1 aliphatic heterocycles. The lowest BCUT2D eigenvalue weighted by atomic mass is 9.92. The molecule has 0 saturated carbocycles. The van der Waals surface area contributed by atoms with Crippen molar-refractivity contribution < 1.29 is 0 Å². The minimum Gasteiger partial charge on any atom is -0.366 e. The summed E-state index contributed by atoms with van der Waals surface area (Å²) in [6, 6.07) is 12.1. The Balaban J connectivity index is 1.30. The van der Waals surface area contributed by atoms with E-state index in [4.69, 9.17) is 28.2 Å². The lowest BCUT2D eigenvalue weighted by Gasteiger charge is -2.32. The van der Waals surface area contributed by atoms with Crippen LogP contribution in [0.3, 0.4) is 0 Å². The second-order valence-corrected chi connectivity index (χ2v) is 9.46. The fourth-order valence-electron chi connectivity index (χ4n) is 4.40. The first-order valence-electron chi connectivity index (χ1n) is 11.2. The van der Waals surface area contributed by atoms with Gasteiger partial charge in [-0.05, 0) is 60.7 Å². The summed E-state index contributed by atoms with van der Waals surface area (Å²) in [6.07, 6.45) is 7.68. The molecule has 1 N–H and O–H groups in total. The Hall–Kier alpha value is -2.61. The number of likely N-dealkylation sites (tertiary alicyclic amines) is 1. The van der Waals surface area contributed by atoms with Crippen molar-refractivity contribution >= 4 is 48.0 Å². The number of nitrogens with one attached hydrogen (secondary N) is 1. The van der Waals surface area contributed by atoms with Gasteiger partial charge in [-0.2, -0.15) is 9.61 Å². The summed E-state index contributed by atoms with van der Waals surface area (Å²) in [5, 5.41) is 9.29. The topological polar surface area (TPSA) is 58.4 Å². The van der Waals surface area contributed by atoms with E-state index in [9.17, 15) is 0 Å². The number of benzene rings is 1. The minimum atomic E-state index is 0.424. The molecule has 1 saturated heterocycles. The maximum atomic E-state index is 6.19. The van der Waals surface area contributed by atoms with Crippen LogP contribution in [-0.4, -0.2) is 45.4 Å². The van der Waals surface area contributed by atoms with E-state index in [2.05, 4.69) is 46.3 Å². The lowest BCUT2D eigenvalue weighted by molar-refractivity contribution is 0.203. The molecule has 0 radical (unpaired) electrons. The summed E-state index contributed by atoms with van der Waals surface area (Å²) in [6.45, 7) is 3.62. The standard InChI is InChI=1S/C24H25BCl2N6/c25-19-14-30-33-23(29-13-17-2-1-7-28-12-17)11-22(31-24(19)33)18-5-8-32(9-6-18)15-16-3-4-20(26)21(27)10-16/h1-4,7,10-12,14,18,29H,5-6,8-9,13,15,25H2. The molecule has 168 valence electrons. The molecule has 4 heterocycles. The van der Waals surface area contributed by atoms with Gasteiger partial charge in [-0.25, -0.2) is 4.98 Å². The number of piperidine rings is 1. The first-order valence-corrected chi connectivity index (χ1v) is 12.0. The van der Waals surface area contributed by atoms with Gasteiger partial charge < -0.3 is 5.32 Å². The summed E-state index contributed by atoms with van der Waals surface area (Å²) in [5.74, 6) is 1.39. The molecule has 0 amide bonds. The normalized spacial score (nSPS) is 15.2. The third-order valence-electron chi connectivity index (χ3n) is 6.26. The predicted octanol–water partition coefficient (Wildman–Crippen LogP) is 3.68. The van der Waals surface area contributed by atoms with Gasteiger partial charge in [-0.15, -0.1) is 0 Å². The van der Waals surface area contributed by atoms with Gasteiger partial charge in [0.25, 0.3) is 0 Å². The average molecular weight is 479 g/mol. The molecule has 1 aromatic carbocycles. The Morgan fingerprint density at radius 1 is 1.03 bits per heavy atom. The molecule has 5 rings (SSSR count). The van der Waals surface area contributed by atoms with E-state index in [0.29, 0.717) is 22.5 Å². The summed E-state index contributed by atoms with van der Waals surface area (Å²) >= 11 is 12.2. The Bertz CT molecular complexity index is 1250. The van der Waals surface area contributed by atoms with E-state index in [1.54, 1.807) is 6.20 Å². The van der Waals surface area contributed by atoms with Crippen LogP contribution >= 0.6 is 23.2 Å². The van der Waals surface area contributed by atoms with E-state index < -0.39 is 0 Å². The molecule has 0 aliphatic carbocycles. The molecule has 0 atom stereocenters. The largest absolute Gasteiger partial charge is 0.366 e. The summed E-state index contributed by atoms with van der Waals surface area (Å²) in [7, 11) is 2.06. The van der Waals surface area contributed by atoms with Gasteiger partial charge in [0.05, 0.1) is 10.0 Å². The van der Waals surface area contributed by atoms with Gasteiger partial charge in [0.1, 0.15) is 13.7 Å². The van der Waals surface area contributed by atoms with Crippen molar-refractivity contribution in [3.63, 3.8) is 0 Å². The SMILES string of the molecule is Bc1cnn2c(NCc3cccnc3)cc(C3CCN(Cc4ccc(Cl)c(Cl)c4)CC3)nc12. The van der Waals surface area contributed by atoms with Gasteiger partial charge >= 0.3 is 0 Å². The number of pyridine rings is 1. The van der Waals surface area contributed by atoms with Crippen LogP contribution < -0.4 is 10.8 Å². The van der Waals surface area contributed by atoms with E-state index in [1.807, 2.05) is 35.1 Å². The van der Waals surface area contributed by atoms with Crippen molar-refractivity contribution in [3.8, 4) is 0 Å². The average Bonchev–Trinajstić information content (AvgIpc) is 3.22. The van der Waals surface area contributed by atoms with Crippen molar-refractivity contribution in [2.45, 2.75) is 31.8 Å². The quantitative estimate of drug-likeness (QED) is 0.428. The predicted molar refractivity (Wildman–Crippen MR) is 136 cm³/mol. The monoisotopic (exact) mass is 478 g/mol. The van der Waals surface area contributed by atoms with Crippen LogP contribution in [0.25, 0.3) is 5.65 Å². The van der Waals surface area contributed by atoms with Gasteiger partial charge in [0.2, 0.25) is 0 Å². The molecular weight excluding hydrogens is 454 g/mol. The number of rotatable bonds is 6. The zero-order valence-corrected chi connectivity index (χ0v) is 20.0. The van der Waals surface area contributed by atoms with E-state index in [-0.39, 0.29) is 0 Å². The number of aromatic nitrogens is 4. The van der Waals surface area contributed by atoms with Crippen molar-refractivity contribution in [3.05, 3.63) is 81.9 Å². The molecular formula is C24H25BCl2N6. The smallest absolute Gasteiger partial charge is 0.151 e. The van der Waals surface area contributed by atoms with Crippen LogP contribution in [0.15, 0.2) is 55.0 Å². The maximum absolute atomic E-state index is 6.19. The van der Waals surface area contributed by atoms with Crippen molar-refractivity contribution in [1.29, 1.82) is 0 Å². The Morgan fingerprint density at radius 2 is 1.88 bits per heavy atom. The Morgan fingerprint density at radius 3 is 2.64 bits per heavy atom. The molecule has 1 fully saturated rings.